The molecule has 0 saturated heterocycles. The van der Waals surface area contributed by atoms with Gasteiger partial charge in [0, 0.05) is 23.5 Å². The first-order valence-corrected chi connectivity index (χ1v) is 19.3. The molecule has 280 valence electrons. The summed E-state index contributed by atoms with van der Waals surface area (Å²) in [5.74, 6) is 0. The van der Waals surface area contributed by atoms with Crippen molar-refractivity contribution in [2.24, 2.45) is 0 Å². The predicted octanol–water partition coefficient (Wildman–Crippen LogP) is 12.4. The first kappa shape index (κ1) is 38.5. The normalized spacial score (nSPS) is 13.2. The number of rotatable bonds is 9. The van der Waals surface area contributed by atoms with Crippen LogP contribution in [0.25, 0.3) is 44.3 Å². The minimum atomic E-state index is -0.698. The van der Waals surface area contributed by atoms with Crippen molar-refractivity contribution in [1.82, 2.24) is 15.0 Å². The Balaban J connectivity index is 0.00000469. The largest absolute Gasteiger partial charge is 3.00 e. The van der Waals surface area contributed by atoms with Gasteiger partial charge in [0.05, 0.1) is 16.8 Å². The third-order valence-corrected chi connectivity index (χ3v) is 11.3. The maximum Gasteiger partial charge on any atom is 3.00 e. The monoisotopic (exact) mass is 923 g/mol. The van der Waals surface area contributed by atoms with Gasteiger partial charge in [0.15, 0.2) is 0 Å². The van der Waals surface area contributed by atoms with Gasteiger partial charge in [-0.25, -0.2) is 0 Å². The Kier molecular flexibility index (Phi) is 10.8. The molecule has 0 amide bonds. The second-order valence-electron chi connectivity index (χ2n) is 15.0. The molecule has 58 heavy (non-hydrogen) atoms. The van der Waals surface area contributed by atoms with Gasteiger partial charge in [-0.2, -0.15) is 54.6 Å². The summed E-state index contributed by atoms with van der Waals surface area (Å²) in [4.78, 5) is 15.4. The molecular weight excluding hydrogens is 883 g/mol. The van der Waals surface area contributed by atoms with E-state index in [0.717, 1.165) is 72.5 Å². The first-order valence-electron chi connectivity index (χ1n) is 19.3. The Morgan fingerprint density at radius 1 is 0.466 bits per heavy atom. The smallest absolute Gasteiger partial charge is 0.299 e. The van der Waals surface area contributed by atoms with Crippen LogP contribution in [0.1, 0.15) is 53.2 Å². The Bertz CT molecular complexity index is 2770. The molecule has 3 nitrogen and oxygen atoms in total. The van der Waals surface area contributed by atoms with Crippen LogP contribution in [0, 0.1) is 25.1 Å². The Hall–Kier alpha value is -6.32. The fourth-order valence-corrected chi connectivity index (χ4v) is 8.04. The van der Waals surface area contributed by atoms with Gasteiger partial charge >= 0.3 is 20.1 Å². The zero-order chi connectivity index (χ0) is 38.8. The molecule has 6 aromatic carbocycles. The van der Waals surface area contributed by atoms with Crippen molar-refractivity contribution in [2.75, 3.05) is 0 Å². The van der Waals surface area contributed by atoms with Gasteiger partial charge in [-0.05, 0) is 77.3 Å². The SMILES string of the molecule is Cc1cc(-c2nc(C(C)(c3[c-]cccc3)c3ccccn3)cc3ccccc23)[c-]c(C(C)(c2[c-]ccc(-c3ccc(-c4ccccc4)cc3)c2)c2ccccn2)c1.[Ir+3]. The number of hydrogen-bond acceptors (Lipinski definition) is 3. The van der Waals surface area contributed by atoms with Crippen LogP contribution < -0.4 is 0 Å². The molecule has 3 aromatic heterocycles. The number of aromatic nitrogens is 3. The van der Waals surface area contributed by atoms with Gasteiger partial charge < -0.3 is 0 Å². The van der Waals surface area contributed by atoms with Crippen molar-refractivity contribution in [3.63, 3.8) is 0 Å². The molecule has 2 unspecified atom stereocenters. The van der Waals surface area contributed by atoms with Crippen molar-refractivity contribution in [3.05, 3.63) is 246 Å². The average molecular weight is 923 g/mol. The maximum absolute atomic E-state index is 5.57. The van der Waals surface area contributed by atoms with Crippen molar-refractivity contribution < 1.29 is 20.1 Å². The van der Waals surface area contributed by atoms with E-state index < -0.39 is 10.8 Å². The van der Waals surface area contributed by atoms with E-state index in [4.69, 9.17) is 15.0 Å². The van der Waals surface area contributed by atoms with Crippen LogP contribution in [0.3, 0.4) is 0 Å². The maximum atomic E-state index is 5.57. The number of benzene rings is 6. The fraction of sp³-hybridized carbons (Fsp3) is 0.0926. The summed E-state index contributed by atoms with van der Waals surface area (Å²) in [6, 6.07) is 72.2. The van der Waals surface area contributed by atoms with E-state index in [-0.39, 0.29) is 20.1 Å². The Morgan fingerprint density at radius 2 is 1.09 bits per heavy atom. The quantitative estimate of drug-likeness (QED) is 0.135. The van der Waals surface area contributed by atoms with Crippen LogP contribution in [-0.2, 0) is 30.9 Å². The van der Waals surface area contributed by atoms with E-state index in [0.29, 0.717) is 0 Å². The second-order valence-corrected chi connectivity index (χ2v) is 15.0. The molecule has 9 aromatic rings. The molecule has 0 aliphatic heterocycles. The molecular formula is C54H40IrN3. The van der Waals surface area contributed by atoms with Crippen molar-refractivity contribution in [3.8, 4) is 33.5 Å². The molecule has 0 radical (unpaired) electrons. The third kappa shape index (κ3) is 7.11. The number of aryl methyl sites for hydroxylation is 1. The van der Waals surface area contributed by atoms with Gasteiger partial charge in [-0.3, -0.25) is 15.0 Å². The molecule has 0 bridgehead atoms. The minimum Gasteiger partial charge on any atom is -0.299 e. The summed E-state index contributed by atoms with van der Waals surface area (Å²) in [7, 11) is 0. The summed E-state index contributed by atoms with van der Waals surface area (Å²) < 4.78 is 0. The summed E-state index contributed by atoms with van der Waals surface area (Å²) in [5, 5.41) is 2.15. The molecule has 0 saturated carbocycles. The van der Waals surface area contributed by atoms with Crippen molar-refractivity contribution in [1.29, 1.82) is 0 Å². The molecule has 0 aliphatic rings. The van der Waals surface area contributed by atoms with Crippen LogP contribution in [0.15, 0.2) is 188 Å². The van der Waals surface area contributed by atoms with Crippen LogP contribution in [0.2, 0.25) is 0 Å². The van der Waals surface area contributed by atoms with Gasteiger partial charge in [0.25, 0.3) is 0 Å². The van der Waals surface area contributed by atoms with E-state index in [9.17, 15) is 0 Å². The number of pyridine rings is 3. The number of hydrogen-bond donors (Lipinski definition) is 0. The van der Waals surface area contributed by atoms with E-state index in [1.807, 2.05) is 54.9 Å². The van der Waals surface area contributed by atoms with E-state index >= 15 is 0 Å². The second kappa shape index (κ2) is 16.3. The number of fused-ring (bicyclic) bond motifs is 1. The minimum absolute atomic E-state index is 0. The predicted molar refractivity (Wildman–Crippen MR) is 232 cm³/mol. The Morgan fingerprint density at radius 3 is 1.78 bits per heavy atom. The van der Waals surface area contributed by atoms with E-state index in [1.54, 1.807) is 0 Å². The molecule has 0 spiro atoms. The van der Waals surface area contributed by atoms with Gasteiger partial charge in [-0.1, -0.05) is 97.9 Å². The summed E-state index contributed by atoms with van der Waals surface area (Å²) in [5.41, 5.74) is 11.9. The molecule has 4 heteroatoms. The summed E-state index contributed by atoms with van der Waals surface area (Å²) in [6.07, 6.45) is 3.72. The van der Waals surface area contributed by atoms with Crippen LogP contribution in [0.4, 0.5) is 0 Å². The molecule has 0 fully saturated rings. The topological polar surface area (TPSA) is 38.7 Å². The van der Waals surface area contributed by atoms with Crippen molar-refractivity contribution in [2.45, 2.75) is 31.6 Å². The van der Waals surface area contributed by atoms with E-state index in [1.165, 1.54) is 11.1 Å². The fourth-order valence-electron chi connectivity index (χ4n) is 8.04. The molecule has 0 N–H and O–H groups in total. The zero-order valence-corrected chi connectivity index (χ0v) is 35.0. The Labute approximate surface area is 354 Å². The van der Waals surface area contributed by atoms with Gasteiger partial charge in [-0.15, -0.1) is 51.6 Å². The van der Waals surface area contributed by atoms with Crippen LogP contribution in [0.5, 0.6) is 0 Å². The average Bonchev–Trinajstić information content (AvgIpc) is 3.29. The zero-order valence-electron chi connectivity index (χ0n) is 32.6. The van der Waals surface area contributed by atoms with Crippen LogP contribution in [-0.4, -0.2) is 15.0 Å². The first-order chi connectivity index (χ1) is 27.9. The molecule has 2 atom stereocenters. The summed E-state index contributed by atoms with van der Waals surface area (Å²) in [6.45, 7) is 6.59. The van der Waals surface area contributed by atoms with Crippen molar-refractivity contribution >= 4 is 10.8 Å². The molecule has 9 rings (SSSR count). The molecule has 0 aliphatic carbocycles. The third-order valence-electron chi connectivity index (χ3n) is 11.3. The van der Waals surface area contributed by atoms with Gasteiger partial charge in [0.1, 0.15) is 0 Å². The van der Waals surface area contributed by atoms with E-state index in [2.05, 4.69) is 172 Å². The van der Waals surface area contributed by atoms with Crippen LogP contribution >= 0.6 is 0 Å². The van der Waals surface area contributed by atoms with Gasteiger partial charge in [0.2, 0.25) is 0 Å². The summed E-state index contributed by atoms with van der Waals surface area (Å²) >= 11 is 0. The number of nitrogens with zero attached hydrogens (tertiary/aromatic N) is 3. The standard InChI is InChI=1S/C54H40N3.Ir/c1-38-33-44(52-48-24-11-10-19-43(48)37-51(57-52)54(3,45-21-8-5-9-22-45)50-26-13-15-32-56-50)36-47(34-38)53(2,49-25-12-14-31-55-49)46-23-16-20-42(35-46)41-29-27-40(28-30-41)39-17-6-4-7-18-39;/h4-21,24-35,37H,1-3H3;/q-3;+3. The molecule has 3 heterocycles.